The van der Waals surface area contributed by atoms with Gasteiger partial charge in [0.15, 0.2) is 0 Å². The summed E-state index contributed by atoms with van der Waals surface area (Å²) in [6.45, 7) is 0. The number of amides is 2. The van der Waals surface area contributed by atoms with Gasteiger partial charge in [0.05, 0.1) is 11.0 Å². The van der Waals surface area contributed by atoms with E-state index in [4.69, 9.17) is 5.73 Å². The maximum absolute atomic E-state index is 12.9. The normalized spacial score (nSPS) is 11.7. The molecule has 2 aromatic heterocycles. The van der Waals surface area contributed by atoms with E-state index in [-0.39, 0.29) is 5.91 Å². The minimum absolute atomic E-state index is 0.367. The first kappa shape index (κ1) is 23.7. The van der Waals surface area contributed by atoms with Crippen molar-refractivity contribution in [1.29, 1.82) is 0 Å². The molecule has 2 amide bonds. The number of nitrogens with zero attached hydrogens (tertiary/aromatic N) is 2. The lowest BCUT2D eigenvalue weighted by Gasteiger charge is -2.15. The molecule has 8 heteroatoms. The van der Waals surface area contributed by atoms with Crippen LogP contribution in [-0.2, 0) is 11.2 Å². The van der Waals surface area contributed by atoms with Gasteiger partial charge in [0.1, 0.15) is 17.7 Å². The molecular weight excluding hydrogens is 464 g/mol. The Morgan fingerprint density at radius 1 is 0.919 bits per heavy atom. The number of fused-ring (bicyclic) bond motifs is 1. The molecule has 0 bridgehead atoms. The minimum atomic E-state index is -0.770. The Morgan fingerprint density at radius 3 is 2.43 bits per heavy atom. The second-order valence-electron chi connectivity index (χ2n) is 8.69. The monoisotopic (exact) mass is 490 g/mol. The molecule has 5 aromatic rings. The van der Waals surface area contributed by atoms with Crippen molar-refractivity contribution in [2.45, 2.75) is 18.9 Å². The fraction of sp³-hybridized carbons (Fsp3) is 0.103. The highest BCUT2D eigenvalue weighted by atomic mass is 16.2. The standard InChI is InChI=1S/C29H26N6O2/c30-27(36)24(13-11-19-7-3-1-4-8-19)35-29(37)21-12-14-23-25(17-21)34-28(33-23)20-15-16-31-26(18-20)32-22-9-5-2-6-10-22/h1-10,12,14-18,24H,11,13H2,(H2,30,36)(H,31,32)(H,33,34)(H,35,37)/t24-/m0/s1. The van der Waals surface area contributed by atoms with Crippen molar-refractivity contribution in [2.24, 2.45) is 5.73 Å². The summed E-state index contributed by atoms with van der Waals surface area (Å²) in [7, 11) is 0. The molecule has 0 fully saturated rings. The van der Waals surface area contributed by atoms with Gasteiger partial charge in [0.25, 0.3) is 5.91 Å². The van der Waals surface area contributed by atoms with Crippen molar-refractivity contribution in [3.63, 3.8) is 0 Å². The number of nitrogens with one attached hydrogen (secondary N) is 3. The Bertz CT molecular complexity index is 1530. The second kappa shape index (κ2) is 10.7. The van der Waals surface area contributed by atoms with E-state index in [1.807, 2.05) is 72.8 Å². The molecule has 0 radical (unpaired) electrons. The van der Waals surface area contributed by atoms with Gasteiger partial charge in [0.2, 0.25) is 5.91 Å². The van der Waals surface area contributed by atoms with E-state index in [1.54, 1.807) is 24.4 Å². The Hall–Kier alpha value is -4.98. The first-order valence-electron chi connectivity index (χ1n) is 12.0. The van der Waals surface area contributed by atoms with E-state index in [9.17, 15) is 9.59 Å². The molecule has 0 aliphatic heterocycles. The van der Waals surface area contributed by atoms with Crippen molar-refractivity contribution >= 4 is 34.4 Å². The van der Waals surface area contributed by atoms with Crippen molar-refractivity contribution in [3.8, 4) is 11.4 Å². The van der Waals surface area contributed by atoms with Crippen molar-refractivity contribution in [3.05, 3.63) is 108 Å². The topological polar surface area (TPSA) is 126 Å². The van der Waals surface area contributed by atoms with E-state index in [0.29, 0.717) is 35.6 Å². The molecule has 37 heavy (non-hydrogen) atoms. The third-order valence-corrected chi connectivity index (χ3v) is 6.04. The lowest BCUT2D eigenvalue weighted by atomic mass is 10.0. The van der Waals surface area contributed by atoms with E-state index < -0.39 is 11.9 Å². The van der Waals surface area contributed by atoms with Gasteiger partial charge in [-0.15, -0.1) is 0 Å². The van der Waals surface area contributed by atoms with Crippen LogP contribution in [-0.4, -0.2) is 32.8 Å². The number of carbonyl (C=O) groups excluding carboxylic acids is 2. The molecule has 0 spiro atoms. The molecule has 0 saturated carbocycles. The molecule has 0 aliphatic rings. The molecule has 3 aromatic carbocycles. The SMILES string of the molecule is NC(=O)[C@H](CCc1ccccc1)NC(=O)c1ccc2nc(-c3ccnc(Nc4ccccc4)c3)[nH]c2c1. The summed E-state index contributed by atoms with van der Waals surface area (Å²) in [6, 6.07) is 27.7. The number of aromatic amines is 1. The summed E-state index contributed by atoms with van der Waals surface area (Å²) in [5, 5.41) is 6.05. The summed E-state index contributed by atoms with van der Waals surface area (Å²) >= 11 is 0. The quantitative estimate of drug-likeness (QED) is 0.241. The third-order valence-electron chi connectivity index (χ3n) is 6.04. The number of nitrogens with two attached hydrogens (primary N) is 1. The number of aromatic nitrogens is 3. The fourth-order valence-electron chi connectivity index (χ4n) is 4.09. The lowest BCUT2D eigenvalue weighted by molar-refractivity contribution is -0.120. The molecule has 1 atom stereocenters. The first-order chi connectivity index (χ1) is 18.0. The number of imidazole rings is 1. The van der Waals surface area contributed by atoms with Crippen molar-refractivity contribution in [2.75, 3.05) is 5.32 Å². The number of hydrogen-bond donors (Lipinski definition) is 4. The van der Waals surface area contributed by atoms with Crippen LogP contribution >= 0.6 is 0 Å². The van der Waals surface area contributed by atoms with Crippen LogP contribution in [0, 0.1) is 0 Å². The van der Waals surface area contributed by atoms with Gasteiger partial charge < -0.3 is 21.4 Å². The summed E-state index contributed by atoms with van der Waals surface area (Å²) in [6.07, 6.45) is 2.76. The van der Waals surface area contributed by atoms with Crippen LogP contribution in [0.5, 0.6) is 0 Å². The third kappa shape index (κ3) is 5.82. The lowest BCUT2D eigenvalue weighted by Crippen LogP contribution is -2.44. The highest BCUT2D eigenvalue weighted by molar-refractivity contribution is 6.00. The largest absolute Gasteiger partial charge is 0.368 e. The van der Waals surface area contributed by atoms with Gasteiger partial charge in [0, 0.05) is 23.0 Å². The average Bonchev–Trinajstić information content (AvgIpc) is 3.36. The number of anilines is 2. The van der Waals surface area contributed by atoms with Gasteiger partial charge in [-0.05, 0) is 60.9 Å². The number of para-hydroxylation sites is 1. The summed E-state index contributed by atoms with van der Waals surface area (Å²) in [4.78, 5) is 37.3. The predicted molar refractivity (Wildman–Crippen MR) is 144 cm³/mol. The minimum Gasteiger partial charge on any atom is -0.368 e. The van der Waals surface area contributed by atoms with Crippen LogP contribution in [0.3, 0.4) is 0 Å². The van der Waals surface area contributed by atoms with Gasteiger partial charge in [-0.2, -0.15) is 0 Å². The maximum atomic E-state index is 12.9. The number of pyridine rings is 1. The zero-order valence-corrected chi connectivity index (χ0v) is 20.0. The number of hydrogen-bond acceptors (Lipinski definition) is 5. The number of primary amides is 1. The zero-order valence-electron chi connectivity index (χ0n) is 20.0. The Labute approximate surface area is 214 Å². The summed E-state index contributed by atoms with van der Waals surface area (Å²) < 4.78 is 0. The first-order valence-corrected chi connectivity index (χ1v) is 12.0. The summed E-state index contributed by atoms with van der Waals surface area (Å²) in [5.41, 5.74) is 10.3. The average molecular weight is 491 g/mol. The number of aryl methyl sites for hydroxylation is 1. The van der Waals surface area contributed by atoms with Crippen LogP contribution in [0.25, 0.3) is 22.4 Å². The van der Waals surface area contributed by atoms with Crippen LogP contribution in [0.4, 0.5) is 11.5 Å². The molecule has 0 saturated heterocycles. The predicted octanol–water partition coefficient (Wildman–Crippen LogP) is 4.59. The zero-order chi connectivity index (χ0) is 25.6. The highest BCUT2D eigenvalue weighted by Gasteiger charge is 2.19. The van der Waals surface area contributed by atoms with Crippen LogP contribution in [0.2, 0.25) is 0 Å². The molecule has 184 valence electrons. The van der Waals surface area contributed by atoms with E-state index >= 15 is 0 Å². The number of rotatable bonds is 9. The fourth-order valence-corrected chi connectivity index (χ4v) is 4.09. The van der Waals surface area contributed by atoms with Crippen LogP contribution < -0.4 is 16.4 Å². The van der Waals surface area contributed by atoms with Crippen LogP contribution in [0.15, 0.2) is 97.2 Å². The van der Waals surface area contributed by atoms with E-state index in [1.165, 1.54) is 0 Å². The number of benzene rings is 3. The number of H-pyrrole nitrogens is 1. The maximum Gasteiger partial charge on any atom is 0.252 e. The van der Waals surface area contributed by atoms with Crippen molar-refractivity contribution in [1.82, 2.24) is 20.3 Å². The Balaban J connectivity index is 1.31. The molecular formula is C29H26N6O2. The van der Waals surface area contributed by atoms with Gasteiger partial charge in [-0.1, -0.05) is 48.5 Å². The Kier molecular flexibility index (Phi) is 6.89. The molecule has 2 heterocycles. The van der Waals surface area contributed by atoms with Crippen LogP contribution in [0.1, 0.15) is 22.3 Å². The molecule has 8 nitrogen and oxygen atoms in total. The van der Waals surface area contributed by atoms with E-state index in [2.05, 4.69) is 25.6 Å². The van der Waals surface area contributed by atoms with E-state index in [0.717, 1.165) is 22.3 Å². The van der Waals surface area contributed by atoms with Gasteiger partial charge in [-0.3, -0.25) is 9.59 Å². The molecule has 0 unspecified atom stereocenters. The van der Waals surface area contributed by atoms with Gasteiger partial charge in [-0.25, -0.2) is 9.97 Å². The smallest absolute Gasteiger partial charge is 0.252 e. The Morgan fingerprint density at radius 2 is 1.68 bits per heavy atom. The highest BCUT2D eigenvalue weighted by Crippen LogP contribution is 2.24. The van der Waals surface area contributed by atoms with Crippen molar-refractivity contribution < 1.29 is 9.59 Å². The molecule has 5 rings (SSSR count). The van der Waals surface area contributed by atoms with Gasteiger partial charge >= 0.3 is 0 Å². The molecule has 0 aliphatic carbocycles. The summed E-state index contributed by atoms with van der Waals surface area (Å²) in [5.74, 6) is 0.418. The number of carbonyl (C=O) groups is 2. The molecule has 5 N–H and O–H groups in total. The second-order valence-corrected chi connectivity index (χ2v) is 8.69.